The van der Waals surface area contributed by atoms with E-state index in [4.69, 9.17) is 9.26 Å². The summed E-state index contributed by atoms with van der Waals surface area (Å²) in [5.41, 5.74) is 0.705. The van der Waals surface area contributed by atoms with Crippen molar-refractivity contribution in [1.29, 1.82) is 0 Å². The van der Waals surface area contributed by atoms with E-state index in [0.717, 1.165) is 5.56 Å². The summed E-state index contributed by atoms with van der Waals surface area (Å²) in [6, 6.07) is 6.50. The van der Waals surface area contributed by atoms with E-state index in [2.05, 4.69) is 22.0 Å². The van der Waals surface area contributed by atoms with Gasteiger partial charge in [-0.3, -0.25) is 0 Å². The fourth-order valence-corrected chi connectivity index (χ4v) is 2.53. The summed E-state index contributed by atoms with van der Waals surface area (Å²) in [7, 11) is 0. The molecule has 0 radical (unpaired) electrons. The standard InChI is InChI=1S/C16H20FN3O2/c1-11-9-21-16(2,3)10-20(11)15-18-14(22-19-15)8-12-4-6-13(17)7-5-12/h4-7,11H,8-10H2,1-3H3/t11-/m0/s1. The van der Waals surface area contributed by atoms with Crippen molar-refractivity contribution < 1.29 is 13.7 Å². The molecule has 2 heterocycles. The Bertz CT molecular complexity index is 639. The molecule has 22 heavy (non-hydrogen) atoms. The Morgan fingerprint density at radius 1 is 1.32 bits per heavy atom. The highest BCUT2D eigenvalue weighted by Gasteiger charge is 2.33. The maximum absolute atomic E-state index is 12.9. The molecule has 0 aliphatic carbocycles. The first-order valence-corrected chi connectivity index (χ1v) is 7.40. The van der Waals surface area contributed by atoms with E-state index < -0.39 is 0 Å². The summed E-state index contributed by atoms with van der Waals surface area (Å²) < 4.78 is 24.0. The molecular weight excluding hydrogens is 285 g/mol. The highest BCUT2D eigenvalue weighted by molar-refractivity contribution is 5.32. The van der Waals surface area contributed by atoms with E-state index in [1.165, 1.54) is 12.1 Å². The molecule has 0 N–H and O–H groups in total. The number of anilines is 1. The third-order valence-corrected chi connectivity index (χ3v) is 3.78. The van der Waals surface area contributed by atoms with Crippen LogP contribution in [0.4, 0.5) is 10.3 Å². The number of hydrogen-bond acceptors (Lipinski definition) is 5. The Morgan fingerprint density at radius 2 is 2.05 bits per heavy atom. The minimum absolute atomic E-state index is 0.198. The molecular formula is C16H20FN3O2. The van der Waals surface area contributed by atoms with Gasteiger partial charge in [0.05, 0.1) is 24.7 Å². The molecule has 0 amide bonds. The number of aromatic nitrogens is 2. The minimum Gasteiger partial charge on any atom is -0.372 e. The van der Waals surface area contributed by atoms with E-state index in [9.17, 15) is 4.39 Å². The third-order valence-electron chi connectivity index (χ3n) is 3.78. The zero-order valence-electron chi connectivity index (χ0n) is 13.0. The maximum Gasteiger partial charge on any atom is 0.266 e. The van der Waals surface area contributed by atoms with E-state index in [-0.39, 0.29) is 17.5 Å². The lowest BCUT2D eigenvalue weighted by molar-refractivity contribution is -0.0427. The van der Waals surface area contributed by atoms with Gasteiger partial charge in [0.2, 0.25) is 5.89 Å². The van der Waals surface area contributed by atoms with Crippen LogP contribution >= 0.6 is 0 Å². The molecule has 0 saturated carbocycles. The number of hydrogen-bond donors (Lipinski definition) is 0. The SMILES string of the molecule is C[C@H]1COC(C)(C)CN1c1noc(Cc2ccc(F)cc2)n1. The Balaban J connectivity index is 1.74. The first kappa shape index (κ1) is 15.0. The van der Waals surface area contributed by atoms with Crippen molar-refractivity contribution in [2.75, 3.05) is 18.1 Å². The largest absolute Gasteiger partial charge is 0.372 e. The average molecular weight is 305 g/mol. The van der Waals surface area contributed by atoms with Crippen LogP contribution in [0.1, 0.15) is 32.2 Å². The second kappa shape index (κ2) is 5.68. The second-order valence-electron chi connectivity index (χ2n) is 6.34. The van der Waals surface area contributed by atoms with E-state index in [1.54, 1.807) is 12.1 Å². The van der Waals surface area contributed by atoms with Crippen LogP contribution in [-0.2, 0) is 11.2 Å². The average Bonchev–Trinajstić information content (AvgIpc) is 2.92. The second-order valence-corrected chi connectivity index (χ2v) is 6.34. The van der Waals surface area contributed by atoms with Crippen LogP contribution in [0.5, 0.6) is 0 Å². The van der Waals surface area contributed by atoms with Crippen molar-refractivity contribution >= 4 is 5.95 Å². The van der Waals surface area contributed by atoms with Crippen molar-refractivity contribution in [2.24, 2.45) is 0 Å². The third kappa shape index (κ3) is 3.27. The van der Waals surface area contributed by atoms with Gasteiger partial charge in [0.1, 0.15) is 5.82 Å². The minimum atomic E-state index is -0.251. The van der Waals surface area contributed by atoms with Crippen molar-refractivity contribution in [1.82, 2.24) is 10.1 Å². The molecule has 0 spiro atoms. The molecule has 1 aromatic carbocycles. The molecule has 1 aromatic heterocycles. The molecule has 3 rings (SSSR count). The van der Waals surface area contributed by atoms with Crippen LogP contribution in [0.25, 0.3) is 0 Å². The van der Waals surface area contributed by atoms with Crippen LogP contribution in [0.3, 0.4) is 0 Å². The van der Waals surface area contributed by atoms with Crippen molar-refractivity contribution in [3.05, 3.63) is 41.5 Å². The molecule has 1 atom stereocenters. The summed E-state index contributed by atoms with van der Waals surface area (Å²) >= 11 is 0. The molecule has 1 saturated heterocycles. The zero-order chi connectivity index (χ0) is 15.7. The lowest BCUT2D eigenvalue weighted by atomic mass is 10.1. The van der Waals surface area contributed by atoms with Gasteiger partial charge in [-0.1, -0.05) is 12.1 Å². The Hall–Kier alpha value is -1.95. The topological polar surface area (TPSA) is 51.4 Å². The molecule has 5 nitrogen and oxygen atoms in total. The van der Waals surface area contributed by atoms with Crippen molar-refractivity contribution in [3.63, 3.8) is 0 Å². The predicted molar refractivity (Wildman–Crippen MR) is 80.3 cm³/mol. The van der Waals surface area contributed by atoms with Gasteiger partial charge in [0, 0.05) is 6.54 Å². The maximum atomic E-state index is 12.9. The summed E-state index contributed by atoms with van der Waals surface area (Å²) in [5, 5.41) is 4.08. The lowest BCUT2D eigenvalue weighted by Crippen LogP contribution is -2.53. The normalized spacial score (nSPS) is 21.1. The van der Waals surface area contributed by atoms with Crippen LogP contribution in [0, 0.1) is 5.82 Å². The van der Waals surface area contributed by atoms with Crippen LogP contribution in [0.2, 0.25) is 0 Å². The number of halogens is 1. The Kier molecular flexibility index (Phi) is 3.87. The number of morpholine rings is 1. The molecule has 2 aromatic rings. The quantitative estimate of drug-likeness (QED) is 0.873. The molecule has 6 heteroatoms. The Labute approximate surface area is 129 Å². The van der Waals surface area contributed by atoms with Gasteiger partial charge in [-0.15, -0.1) is 0 Å². The van der Waals surface area contributed by atoms with Crippen LogP contribution in [-0.4, -0.2) is 34.9 Å². The lowest BCUT2D eigenvalue weighted by Gasteiger charge is -2.41. The zero-order valence-corrected chi connectivity index (χ0v) is 13.0. The summed E-state index contributed by atoms with van der Waals surface area (Å²) in [4.78, 5) is 6.56. The fourth-order valence-electron chi connectivity index (χ4n) is 2.53. The molecule has 1 aliphatic rings. The predicted octanol–water partition coefficient (Wildman–Crippen LogP) is 2.80. The summed E-state index contributed by atoms with van der Waals surface area (Å²) in [6.07, 6.45) is 0.495. The fraction of sp³-hybridized carbons (Fsp3) is 0.500. The molecule has 118 valence electrons. The monoisotopic (exact) mass is 305 g/mol. The number of rotatable bonds is 3. The van der Waals surface area contributed by atoms with E-state index in [1.807, 2.05) is 13.8 Å². The van der Waals surface area contributed by atoms with Gasteiger partial charge in [-0.05, 0) is 43.6 Å². The first-order valence-electron chi connectivity index (χ1n) is 7.40. The summed E-state index contributed by atoms with van der Waals surface area (Å²) in [5.74, 6) is 0.860. The van der Waals surface area contributed by atoms with Gasteiger partial charge >= 0.3 is 0 Å². The molecule has 1 aliphatic heterocycles. The molecule has 1 fully saturated rings. The molecule has 0 bridgehead atoms. The Morgan fingerprint density at radius 3 is 2.77 bits per heavy atom. The highest BCUT2D eigenvalue weighted by Crippen LogP contribution is 2.25. The number of benzene rings is 1. The van der Waals surface area contributed by atoms with Gasteiger partial charge in [0.25, 0.3) is 5.95 Å². The van der Waals surface area contributed by atoms with E-state index >= 15 is 0 Å². The van der Waals surface area contributed by atoms with Crippen molar-refractivity contribution in [2.45, 2.75) is 38.8 Å². The van der Waals surface area contributed by atoms with Gasteiger partial charge in [0.15, 0.2) is 0 Å². The van der Waals surface area contributed by atoms with Crippen LogP contribution < -0.4 is 4.90 Å². The summed E-state index contributed by atoms with van der Waals surface area (Å²) in [6.45, 7) is 7.51. The highest BCUT2D eigenvalue weighted by atomic mass is 19.1. The smallest absolute Gasteiger partial charge is 0.266 e. The van der Waals surface area contributed by atoms with Gasteiger partial charge in [-0.2, -0.15) is 4.98 Å². The van der Waals surface area contributed by atoms with Gasteiger partial charge < -0.3 is 14.2 Å². The van der Waals surface area contributed by atoms with Crippen molar-refractivity contribution in [3.8, 4) is 0 Å². The molecule has 0 unspecified atom stereocenters. The first-order chi connectivity index (χ1) is 10.4. The van der Waals surface area contributed by atoms with Gasteiger partial charge in [-0.25, -0.2) is 4.39 Å². The van der Waals surface area contributed by atoms with Crippen LogP contribution in [0.15, 0.2) is 28.8 Å². The van der Waals surface area contributed by atoms with E-state index in [0.29, 0.717) is 31.4 Å². The number of nitrogens with zero attached hydrogens (tertiary/aromatic N) is 3. The number of ether oxygens (including phenoxy) is 1.